The molecule has 0 radical (unpaired) electrons. The van der Waals surface area contributed by atoms with Gasteiger partial charge in [0.1, 0.15) is 16.6 Å². The van der Waals surface area contributed by atoms with Gasteiger partial charge in [0.25, 0.3) is 0 Å². The van der Waals surface area contributed by atoms with E-state index < -0.39 is 0 Å². The third kappa shape index (κ3) is 3.48. The average molecular weight is 310 g/mol. The molecular formula is C13H9Cl2N3S. The minimum absolute atomic E-state index is 0.453. The standard InChI is InChI=1S/C13H9Cl2N3S/c1-8-7-19-13(18-8)9(5-16)6-17-12-4-10(14)2-3-11(12)15/h2-4,6-7,17H,1H3/b9-6+. The van der Waals surface area contributed by atoms with Crippen molar-refractivity contribution in [3.8, 4) is 6.07 Å². The Morgan fingerprint density at radius 3 is 2.89 bits per heavy atom. The molecular weight excluding hydrogens is 301 g/mol. The van der Waals surface area contributed by atoms with Gasteiger partial charge in [-0.1, -0.05) is 23.2 Å². The topological polar surface area (TPSA) is 48.7 Å². The van der Waals surface area contributed by atoms with E-state index in [4.69, 9.17) is 28.5 Å². The highest BCUT2D eigenvalue weighted by Crippen LogP contribution is 2.26. The molecule has 96 valence electrons. The second kappa shape index (κ2) is 6.07. The van der Waals surface area contributed by atoms with Crippen LogP contribution in [-0.2, 0) is 0 Å². The zero-order valence-electron chi connectivity index (χ0n) is 9.95. The highest BCUT2D eigenvalue weighted by atomic mass is 35.5. The summed E-state index contributed by atoms with van der Waals surface area (Å²) < 4.78 is 0. The maximum absolute atomic E-state index is 9.14. The van der Waals surface area contributed by atoms with Crippen LogP contribution in [0.15, 0.2) is 29.8 Å². The lowest BCUT2D eigenvalue weighted by Gasteiger charge is -2.04. The zero-order chi connectivity index (χ0) is 13.8. The van der Waals surface area contributed by atoms with Crippen molar-refractivity contribution >= 4 is 45.8 Å². The summed E-state index contributed by atoms with van der Waals surface area (Å²) in [6, 6.07) is 7.20. The number of halogens is 2. The fraction of sp³-hybridized carbons (Fsp3) is 0.0769. The Kier molecular flexibility index (Phi) is 4.43. The molecule has 1 heterocycles. The van der Waals surface area contributed by atoms with Crippen molar-refractivity contribution in [2.45, 2.75) is 6.92 Å². The smallest absolute Gasteiger partial charge is 0.135 e. The Hall–Kier alpha value is -1.54. The molecule has 0 fully saturated rings. The predicted octanol–water partition coefficient (Wildman–Crippen LogP) is 4.73. The van der Waals surface area contributed by atoms with Crippen LogP contribution in [0.4, 0.5) is 5.69 Å². The Labute approximate surface area is 125 Å². The number of allylic oxidation sites excluding steroid dienone is 1. The molecule has 0 aliphatic rings. The predicted molar refractivity (Wildman–Crippen MR) is 80.5 cm³/mol. The second-order valence-corrected chi connectivity index (χ2v) is 5.43. The fourth-order valence-corrected chi connectivity index (χ4v) is 2.48. The number of nitrogens with zero attached hydrogens (tertiary/aromatic N) is 2. The monoisotopic (exact) mass is 309 g/mol. The molecule has 0 atom stereocenters. The SMILES string of the molecule is Cc1csc(/C(C#N)=C/Nc2cc(Cl)ccc2Cl)n1. The third-order valence-electron chi connectivity index (χ3n) is 2.27. The number of benzene rings is 1. The van der Waals surface area contributed by atoms with E-state index in [1.165, 1.54) is 11.3 Å². The molecule has 1 aromatic heterocycles. The van der Waals surface area contributed by atoms with Crippen LogP contribution in [0.5, 0.6) is 0 Å². The van der Waals surface area contributed by atoms with E-state index >= 15 is 0 Å². The van der Waals surface area contributed by atoms with Gasteiger partial charge in [-0.2, -0.15) is 5.26 Å². The van der Waals surface area contributed by atoms with E-state index in [1.807, 2.05) is 12.3 Å². The lowest BCUT2D eigenvalue weighted by molar-refractivity contribution is 1.24. The van der Waals surface area contributed by atoms with E-state index in [0.717, 1.165) is 5.69 Å². The number of anilines is 1. The first-order valence-electron chi connectivity index (χ1n) is 5.34. The lowest BCUT2D eigenvalue weighted by Crippen LogP contribution is -1.92. The first kappa shape index (κ1) is 13.9. The van der Waals surface area contributed by atoms with Crippen molar-refractivity contribution in [3.05, 3.63) is 50.5 Å². The van der Waals surface area contributed by atoms with Crippen LogP contribution in [0.25, 0.3) is 5.57 Å². The summed E-state index contributed by atoms with van der Waals surface area (Å²) in [7, 11) is 0. The number of nitriles is 1. The highest BCUT2D eigenvalue weighted by molar-refractivity contribution is 7.10. The summed E-state index contributed by atoms with van der Waals surface area (Å²) in [6.45, 7) is 1.89. The number of hydrogen-bond acceptors (Lipinski definition) is 4. The molecule has 0 unspecified atom stereocenters. The molecule has 0 saturated heterocycles. The van der Waals surface area contributed by atoms with Crippen LogP contribution in [0.3, 0.4) is 0 Å². The minimum Gasteiger partial charge on any atom is -0.359 e. The van der Waals surface area contributed by atoms with Gasteiger partial charge in [0, 0.05) is 22.3 Å². The molecule has 2 aromatic rings. The molecule has 3 nitrogen and oxygen atoms in total. The van der Waals surface area contributed by atoms with E-state index in [0.29, 0.717) is 26.3 Å². The van der Waals surface area contributed by atoms with Crippen molar-refractivity contribution in [3.63, 3.8) is 0 Å². The number of hydrogen-bond donors (Lipinski definition) is 1. The normalized spacial score (nSPS) is 11.2. The summed E-state index contributed by atoms with van der Waals surface area (Å²) in [5.74, 6) is 0. The fourth-order valence-electron chi connectivity index (χ4n) is 1.38. The van der Waals surface area contributed by atoms with Gasteiger partial charge in [-0.15, -0.1) is 11.3 Å². The number of thiazole rings is 1. The Morgan fingerprint density at radius 2 is 2.26 bits per heavy atom. The number of rotatable bonds is 3. The van der Waals surface area contributed by atoms with Gasteiger partial charge < -0.3 is 5.32 Å². The van der Waals surface area contributed by atoms with Crippen LogP contribution >= 0.6 is 34.5 Å². The molecule has 0 spiro atoms. The molecule has 6 heteroatoms. The van der Waals surface area contributed by atoms with Crippen molar-refractivity contribution in [1.82, 2.24) is 4.98 Å². The largest absolute Gasteiger partial charge is 0.359 e. The number of nitrogens with one attached hydrogen (secondary N) is 1. The summed E-state index contributed by atoms with van der Waals surface area (Å²) in [5.41, 5.74) is 1.99. The lowest BCUT2D eigenvalue weighted by atomic mass is 10.3. The van der Waals surface area contributed by atoms with Gasteiger partial charge in [0.05, 0.1) is 10.7 Å². The van der Waals surface area contributed by atoms with Crippen molar-refractivity contribution in [1.29, 1.82) is 5.26 Å². The van der Waals surface area contributed by atoms with Crippen molar-refractivity contribution < 1.29 is 0 Å². The Morgan fingerprint density at radius 1 is 1.47 bits per heavy atom. The summed E-state index contributed by atoms with van der Waals surface area (Å²) in [4.78, 5) is 4.26. The van der Waals surface area contributed by atoms with Gasteiger partial charge in [0.15, 0.2) is 0 Å². The molecule has 2 rings (SSSR count). The third-order valence-corrected chi connectivity index (χ3v) is 3.83. The molecule has 0 bridgehead atoms. The molecule has 0 amide bonds. The first-order chi connectivity index (χ1) is 9.10. The zero-order valence-corrected chi connectivity index (χ0v) is 12.3. The summed E-state index contributed by atoms with van der Waals surface area (Å²) in [6.07, 6.45) is 1.58. The quantitative estimate of drug-likeness (QED) is 0.833. The van der Waals surface area contributed by atoms with Gasteiger partial charge >= 0.3 is 0 Å². The number of aryl methyl sites for hydroxylation is 1. The van der Waals surface area contributed by atoms with Crippen LogP contribution in [0.2, 0.25) is 10.0 Å². The first-order valence-corrected chi connectivity index (χ1v) is 6.98. The molecule has 19 heavy (non-hydrogen) atoms. The molecule has 0 aliphatic heterocycles. The summed E-state index contributed by atoms with van der Waals surface area (Å²) in [5, 5.41) is 15.8. The van der Waals surface area contributed by atoms with Gasteiger partial charge in [-0.3, -0.25) is 0 Å². The van der Waals surface area contributed by atoms with E-state index in [-0.39, 0.29) is 0 Å². The van der Waals surface area contributed by atoms with E-state index in [1.54, 1.807) is 24.4 Å². The second-order valence-electron chi connectivity index (χ2n) is 3.73. The maximum atomic E-state index is 9.14. The van der Waals surface area contributed by atoms with Crippen molar-refractivity contribution in [2.75, 3.05) is 5.32 Å². The molecule has 1 aromatic carbocycles. The number of aromatic nitrogens is 1. The van der Waals surface area contributed by atoms with Crippen LogP contribution in [-0.4, -0.2) is 4.98 Å². The maximum Gasteiger partial charge on any atom is 0.135 e. The van der Waals surface area contributed by atoms with Gasteiger partial charge in [-0.25, -0.2) is 4.98 Å². The highest BCUT2D eigenvalue weighted by Gasteiger charge is 2.06. The molecule has 0 aliphatic carbocycles. The van der Waals surface area contributed by atoms with Crippen LogP contribution in [0, 0.1) is 18.3 Å². The Balaban J connectivity index is 2.25. The van der Waals surface area contributed by atoms with Gasteiger partial charge in [0.2, 0.25) is 0 Å². The summed E-state index contributed by atoms with van der Waals surface area (Å²) >= 11 is 13.3. The molecule has 1 N–H and O–H groups in total. The Bertz CT molecular complexity index is 671. The van der Waals surface area contributed by atoms with Crippen LogP contribution < -0.4 is 5.32 Å². The van der Waals surface area contributed by atoms with Crippen LogP contribution in [0.1, 0.15) is 10.7 Å². The van der Waals surface area contributed by atoms with E-state index in [2.05, 4.69) is 16.4 Å². The van der Waals surface area contributed by atoms with E-state index in [9.17, 15) is 0 Å². The average Bonchev–Trinajstić information content (AvgIpc) is 2.81. The minimum atomic E-state index is 0.453. The van der Waals surface area contributed by atoms with Crippen molar-refractivity contribution in [2.24, 2.45) is 0 Å². The van der Waals surface area contributed by atoms with Gasteiger partial charge in [-0.05, 0) is 25.1 Å². The molecule has 0 saturated carbocycles.